The maximum atomic E-state index is 11.2. The molecule has 6 nitrogen and oxygen atoms in total. The lowest BCUT2D eigenvalue weighted by molar-refractivity contribution is 0.183. The number of benzene rings is 1. The van der Waals surface area contributed by atoms with Gasteiger partial charge in [0.1, 0.15) is 0 Å². The minimum Gasteiger partial charge on any atom is -0.768 e. The second kappa shape index (κ2) is 5.96. The van der Waals surface area contributed by atoms with Gasteiger partial charge in [0, 0.05) is 29.5 Å². The average Bonchev–Trinajstić information content (AvgIpc) is 2.84. The van der Waals surface area contributed by atoms with Crippen LogP contribution in [0, 0.1) is 0 Å². The molecule has 1 heterocycles. The SMILES string of the molecule is COCCn1cc(-c2ccc(N)cc2S(=O)[O-])cn1. The van der Waals surface area contributed by atoms with Crippen LogP contribution in [0.1, 0.15) is 0 Å². The predicted molar refractivity (Wildman–Crippen MR) is 71.1 cm³/mol. The van der Waals surface area contributed by atoms with E-state index in [9.17, 15) is 8.76 Å². The fourth-order valence-electron chi connectivity index (χ4n) is 1.73. The summed E-state index contributed by atoms with van der Waals surface area (Å²) in [4.78, 5) is 0.172. The van der Waals surface area contributed by atoms with Gasteiger partial charge >= 0.3 is 0 Å². The largest absolute Gasteiger partial charge is 0.768 e. The van der Waals surface area contributed by atoms with Crippen molar-refractivity contribution in [2.24, 2.45) is 0 Å². The van der Waals surface area contributed by atoms with Gasteiger partial charge in [-0.2, -0.15) is 5.10 Å². The van der Waals surface area contributed by atoms with Gasteiger partial charge in [0.2, 0.25) is 0 Å². The molecule has 0 spiro atoms. The summed E-state index contributed by atoms with van der Waals surface area (Å²) in [5.74, 6) is 0. The Morgan fingerprint density at radius 1 is 1.53 bits per heavy atom. The first-order valence-electron chi connectivity index (χ1n) is 5.62. The Morgan fingerprint density at radius 2 is 2.32 bits per heavy atom. The summed E-state index contributed by atoms with van der Waals surface area (Å²) in [6, 6.07) is 4.78. The van der Waals surface area contributed by atoms with E-state index >= 15 is 0 Å². The van der Waals surface area contributed by atoms with Crippen LogP contribution < -0.4 is 5.73 Å². The highest BCUT2D eigenvalue weighted by Gasteiger charge is 2.08. The van der Waals surface area contributed by atoms with Crippen LogP contribution in [0.2, 0.25) is 0 Å². The molecular formula is C12H14N3O3S-. The number of nitrogen functional groups attached to an aromatic ring is 1. The quantitative estimate of drug-likeness (QED) is 0.652. The second-order valence-electron chi connectivity index (χ2n) is 3.98. The summed E-state index contributed by atoms with van der Waals surface area (Å²) in [5.41, 5.74) is 7.34. The molecule has 1 unspecified atom stereocenters. The highest BCUT2D eigenvalue weighted by molar-refractivity contribution is 7.79. The second-order valence-corrected chi connectivity index (χ2v) is 4.88. The van der Waals surface area contributed by atoms with Crippen molar-refractivity contribution in [2.45, 2.75) is 11.4 Å². The molecule has 0 saturated carbocycles. The Kier molecular flexibility index (Phi) is 4.31. The first-order valence-corrected chi connectivity index (χ1v) is 6.70. The van der Waals surface area contributed by atoms with Gasteiger partial charge in [0.25, 0.3) is 0 Å². The Morgan fingerprint density at radius 3 is 3.00 bits per heavy atom. The summed E-state index contributed by atoms with van der Waals surface area (Å²) >= 11 is -2.34. The normalized spacial score (nSPS) is 12.5. The van der Waals surface area contributed by atoms with Gasteiger partial charge < -0.3 is 15.0 Å². The molecule has 0 aliphatic rings. The molecule has 102 valence electrons. The van der Waals surface area contributed by atoms with E-state index in [1.54, 1.807) is 36.3 Å². The number of aromatic nitrogens is 2. The van der Waals surface area contributed by atoms with Gasteiger partial charge in [0.05, 0.1) is 19.3 Å². The topological polar surface area (TPSA) is 93.2 Å². The Hall–Kier alpha value is -1.70. The first kappa shape index (κ1) is 13.7. The summed E-state index contributed by atoms with van der Waals surface area (Å²) < 4.78 is 29.1. The van der Waals surface area contributed by atoms with Crippen molar-refractivity contribution in [1.82, 2.24) is 9.78 Å². The zero-order valence-electron chi connectivity index (χ0n) is 10.4. The Labute approximate surface area is 113 Å². The smallest absolute Gasteiger partial charge is 0.0658 e. The van der Waals surface area contributed by atoms with Crippen molar-refractivity contribution in [3.05, 3.63) is 30.6 Å². The maximum Gasteiger partial charge on any atom is 0.0658 e. The van der Waals surface area contributed by atoms with E-state index in [0.29, 0.717) is 24.4 Å². The molecule has 1 aromatic carbocycles. The molecule has 19 heavy (non-hydrogen) atoms. The summed E-state index contributed by atoms with van der Waals surface area (Å²) in [6.07, 6.45) is 3.40. The number of rotatable bonds is 5. The van der Waals surface area contributed by atoms with Crippen molar-refractivity contribution in [3.8, 4) is 11.1 Å². The third kappa shape index (κ3) is 3.19. The van der Waals surface area contributed by atoms with E-state index in [0.717, 1.165) is 5.56 Å². The lowest BCUT2D eigenvalue weighted by atomic mass is 10.1. The van der Waals surface area contributed by atoms with Crippen molar-refractivity contribution < 1.29 is 13.5 Å². The Bertz CT molecular complexity index is 598. The molecule has 2 aromatic rings. The van der Waals surface area contributed by atoms with Gasteiger partial charge in [-0.1, -0.05) is 6.07 Å². The standard InChI is InChI=1S/C12H15N3O3S/c1-18-5-4-15-8-9(7-14-15)11-3-2-10(13)6-12(11)19(16)17/h2-3,6-8H,4-5,13H2,1H3,(H,16,17)/p-1. The van der Waals surface area contributed by atoms with Gasteiger partial charge in [-0.25, -0.2) is 0 Å². The van der Waals surface area contributed by atoms with Crippen LogP contribution in [0.15, 0.2) is 35.5 Å². The molecule has 1 aromatic heterocycles. The molecule has 2 rings (SSSR count). The van der Waals surface area contributed by atoms with E-state index in [1.807, 2.05) is 0 Å². The molecule has 0 aliphatic heterocycles. The lowest BCUT2D eigenvalue weighted by Gasteiger charge is -2.11. The van der Waals surface area contributed by atoms with Crippen molar-refractivity contribution in [2.75, 3.05) is 19.5 Å². The van der Waals surface area contributed by atoms with Gasteiger partial charge in [-0.15, -0.1) is 0 Å². The summed E-state index contributed by atoms with van der Waals surface area (Å²) in [6.45, 7) is 1.16. The van der Waals surface area contributed by atoms with Crippen LogP contribution in [0.3, 0.4) is 0 Å². The fourth-order valence-corrected chi connectivity index (χ4v) is 2.32. The zero-order chi connectivity index (χ0) is 13.8. The van der Waals surface area contributed by atoms with E-state index in [4.69, 9.17) is 10.5 Å². The zero-order valence-corrected chi connectivity index (χ0v) is 11.2. The molecule has 0 saturated heterocycles. The lowest BCUT2D eigenvalue weighted by Crippen LogP contribution is -2.03. The Balaban J connectivity index is 2.36. The number of hydrogen-bond donors (Lipinski definition) is 1. The highest BCUT2D eigenvalue weighted by atomic mass is 32.2. The molecule has 0 fully saturated rings. The molecular weight excluding hydrogens is 266 g/mol. The van der Waals surface area contributed by atoms with E-state index in [1.165, 1.54) is 6.07 Å². The maximum absolute atomic E-state index is 11.2. The highest BCUT2D eigenvalue weighted by Crippen LogP contribution is 2.27. The van der Waals surface area contributed by atoms with E-state index in [-0.39, 0.29) is 4.90 Å². The van der Waals surface area contributed by atoms with Crippen LogP contribution in [0.25, 0.3) is 11.1 Å². The van der Waals surface area contributed by atoms with Crippen LogP contribution >= 0.6 is 0 Å². The number of methoxy groups -OCH3 is 1. The fraction of sp³-hybridized carbons (Fsp3) is 0.250. The average molecular weight is 280 g/mol. The third-order valence-electron chi connectivity index (χ3n) is 2.65. The van der Waals surface area contributed by atoms with Gasteiger partial charge in [-0.3, -0.25) is 8.89 Å². The molecule has 2 N–H and O–H groups in total. The van der Waals surface area contributed by atoms with Crippen molar-refractivity contribution in [3.63, 3.8) is 0 Å². The monoisotopic (exact) mass is 280 g/mol. The predicted octanol–water partition coefficient (Wildman–Crippen LogP) is 1.02. The van der Waals surface area contributed by atoms with E-state index in [2.05, 4.69) is 5.10 Å². The number of nitrogens with two attached hydrogens (primary N) is 1. The minimum atomic E-state index is -2.34. The van der Waals surface area contributed by atoms with Crippen molar-refractivity contribution >= 4 is 16.8 Å². The molecule has 0 amide bonds. The molecule has 1 atom stereocenters. The minimum absolute atomic E-state index is 0.172. The summed E-state index contributed by atoms with van der Waals surface area (Å²) in [5, 5.41) is 4.16. The molecule has 0 bridgehead atoms. The van der Waals surface area contributed by atoms with Crippen molar-refractivity contribution in [1.29, 1.82) is 0 Å². The molecule has 7 heteroatoms. The first-order chi connectivity index (χ1) is 9.11. The van der Waals surface area contributed by atoms with E-state index < -0.39 is 11.1 Å². The van der Waals surface area contributed by atoms with Crippen LogP contribution in [0.4, 0.5) is 5.69 Å². The summed E-state index contributed by atoms with van der Waals surface area (Å²) in [7, 11) is 1.61. The number of ether oxygens (including phenoxy) is 1. The molecule has 0 aliphatic carbocycles. The number of nitrogens with zero attached hydrogens (tertiary/aromatic N) is 2. The number of anilines is 1. The van der Waals surface area contributed by atoms with Crippen LogP contribution in [-0.4, -0.2) is 32.3 Å². The van der Waals surface area contributed by atoms with Gasteiger partial charge in [0.15, 0.2) is 0 Å². The third-order valence-corrected chi connectivity index (χ3v) is 3.35. The van der Waals surface area contributed by atoms with Crippen LogP contribution in [0.5, 0.6) is 0 Å². The number of hydrogen-bond acceptors (Lipinski definition) is 5. The van der Waals surface area contributed by atoms with Gasteiger partial charge in [-0.05, 0) is 28.8 Å². The van der Waals surface area contributed by atoms with Crippen LogP contribution in [-0.2, 0) is 22.4 Å². The molecule has 0 radical (unpaired) electrons.